The summed E-state index contributed by atoms with van der Waals surface area (Å²) in [6.07, 6.45) is 0. The van der Waals surface area contributed by atoms with Crippen LogP contribution in [0.3, 0.4) is 0 Å². The third-order valence-corrected chi connectivity index (χ3v) is 10.3. The van der Waals surface area contributed by atoms with Crippen molar-refractivity contribution >= 4 is 60.5 Å². The van der Waals surface area contributed by atoms with Crippen LogP contribution >= 0.6 is 0 Å². The predicted octanol–water partition coefficient (Wildman–Crippen LogP) is 14.4. The molecular formula is C50H33NO. The van der Waals surface area contributed by atoms with E-state index in [1.165, 1.54) is 54.9 Å². The normalized spacial score (nSPS) is 11.5. The molecule has 10 aromatic rings. The number of anilines is 3. The van der Waals surface area contributed by atoms with Gasteiger partial charge in [-0.05, 0) is 103 Å². The quantitative estimate of drug-likeness (QED) is 0.165. The van der Waals surface area contributed by atoms with Gasteiger partial charge in [0.2, 0.25) is 0 Å². The van der Waals surface area contributed by atoms with Crippen LogP contribution in [0.1, 0.15) is 0 Å². The molecule has 0 unspecified atom stereocenters. The van der Waals surface area contributed by atoms with E-state index in [0.717, 1.165) is 39.0 Å². The average molecular weight is 664 g/mol. The minimum Gasteiger partial charge on any atom is -0.456 e. The zero-order chi connectivity index (χ0) is 34.4. The van der Waals surface area contributed by atoms with Crippen LogP contribution in [-0.2, 0) is 0 Å². The van der Waals surface area contributed by atoms with E-state index in [2.05, 4.69) is 193 Å². The van der Waals surface area contributed by atoms with Gasteiger partial charge in [0.05, 0.1) is 11.1 Å². The number of nitrogens with zero attached hydrogens (tertiary/aromatic N) is 1. The Hall–Kier alpha value is -6.90. The Kier molecular flexibility index (Phi) is 7.18. The van der Waals surface area contributed by atoms with E-state index in [0.29, 0.717) is 0 Å². The highest BCUT2D eigenvalue weighted by Crippen LogP contribution is 2.44. The summed E-state index contributed by atoms with van der Waals surface area (Å²) in [6.45, 7) is 0. The van der Waals surface area contributed by atoms with Gasteiger partial charge >= 0.3 is 0 Å². The SMILES string of the molecule is c1ccc(-c2ccccc2-c2ccc(N(c3ccc(-c4cc5ccccc5c5ccccc45)cc3)c3cccc4oc5ccccc5c34)cc2)cc1. The largest absolute Gasteiger partial charge is 0.456 e. The van der Waals surface area contributed by atoms with Crippen LogP contribution < -0.4 is 4.90 Å². The molecule has 52 heavy (non-hydrogen) atoms. The van der Waals surface area contributed by atoms with Crippen LogP contribution in [0.5, 0.6) is 0 Å². The monoisotopic (exact) mass is 663 g/mol. The Morgan fingerprint density at radius 3 is 1.56 bits per heavy atom. The van der Waals surface area contributed by atoms with E-state index in [-0.39, 0.29) is 0 Å². The maximum Gasteiger partial charge on any atom is 0.137 e. The van der Waals surface area contributed by atoms with Crippen molar-refractivity contribution in [2.24, 2.45) is 0 Å². The van der Waals surface area contributed by atoms with Crippen LogP contribution in [0.2, 0.25) is 0 Å². The van der Waals surface area contributed by atoms with Crippen molar-refractivity contribution in [3.63, 3.8) is 0 Å². The molecule has 2 nitrogen and oxygen atoms in total. The molecule has 244 valence electrons. The number of rotatable bonds is 6. The lowest BCUT2D eigenvalue weighted by Gasteiger charge is -2.27. The number of benzene rings is 9. The summed E-state index contributed by atoms with van der Waals surface area (Å²) in [5, 5.41) is 7.25. The van der Waals surface area contributed by atoms with Crippen LogP contribution in [0.25, 0.3) is 76.9 Å². The molecule has 0 aliphatic rings. The fraction of sp³-hybridized carbons (Fsp3) is 0. The Balaban J connectivity index is 1.13. The molecule has 0 fully saturated rings. The molecule has 0 amide bonds. The number of hydrogen-bond acceptors (Lipinski definition) is 2. The van der Waals surface area contributed by atoms with E-state index >= 15 is 0 Å². The molecule has 9 aromatic carbocycles. The highest BCUT2D eigenvalue weighted by atomic mass is 16.3. The van der Waals surface area contributed by atoms with Gasteiger partial charge in [0.25, 0.3) is 0 Å². The first-order chi connectivity index (χ1) is 25.8. The van der Waals surface area contributed by atoms with Gasteiger partial charge in [0, 0.05) is 16.8 Å². The van der Waals surface area contributed by atoms with Crippen molar-refractivity contribution in [1.82, 2.24) is 0 Å². The molecule has 10 rings (SSSR count). The van der Waals surface area contributed by atoms with Gasteiger partial charge in [-0.1, -0.05) is 152 Å². The van der Waals surface area contributed by atoms with Crippen LogP contribution in [0, 0.1) is 0 Å². The molecule has 0 saturated heterocycles. The molecular weight excluding hydrogens is 631 g/mol. The summed E-state index contributed by atoms with van der Waals surface area (Å²) in [5.41, 5.74) is 12.2. The zero-order valence-corrected chi connectivity index (χ0v) is 28.4. The second kappa shape index (κ2) is 12.5. The van der Waals surface area contributed by atoms with Crippen molar-refractivity contribution in [1.29, 1.82) is 0 Å². The molecule has 1 heterocycles. The Morgan fingerprint density at radius 2 is 0.846 bits per heavy atom. The molecule has 0 aliphatic carbocycles. The molecule has 0 aliphatic heterocycles. The molecule has 0 bridgehead atoms. The summed E-state index contributed by atoms with van der Waals surface area (Å²) in [6, 6.07) is 71.6. The van der Waals surface area contributed by atoms with Gasteiger partial charge in [-0.2, -0.15) is 0 Å². The smallest absolute Gasteiger partial charge is 0.137 e. The first-order valence-electron chi connectivity index (χ1n) is 17.8. The second-order valence-electron chi connectivity index (χ2n) is 13.3. The highest BCUT2D eigenvalue weighted by molar-refractivity contribution is 6.15. The lowest BCUT2D eigenvalue weighted by atomic mass is 9.93. The van der Waals surface area contributed by atoms with E-state index in [1.807, 2.05) is 12.1 Å². The van der Waals surface area contributed by atoms with E-state index in [9.17, 15) is 0 Å². The average Bonchev–Trinajstić information content (AvgIpc) is 3.61. The van der Waals surface area contributed by atoms with Gasteiger partial charge in [0.15, 0.2) is 0 Å². The molecule has 0 N–H and O–H groups in total. The summed E-state index contributed by atoms with van der Waals surface area (Å²) in [5.74, 6) is 0. The van der Waals surface area contributed by atoms with Gasteiger partial charge in [-0.25, -0.2) is 0 Å². The van der Waals surface area contributed by atoms with Crippen LogP contribution in [0.4, 0.5) is 17.1 Å². The minimum atomic E-state index is 0.872. The Morgan fingerprint density at radius 1 is 0.327 bits per heavy atom. The van der Waals surface area contributed by atoms with Gasteiger partial charge in [-0.3, -0.25) is 0 Å². The van der Waals surface area contributed by atoms with Gasteiger partial charge < -0.3 is 9.32 Å². The molecule has 0 radical (unpaired) electrons. The van der Waals surface area contributed by atoms with Crippen molar-refractivity contribution in [2.75, 3.05) is 4.90 Å². The van der Waals surface area contributed by atoms with Gasteiger partial charge in [-0.15, -0.1) is 0 Å². The van der Waals surface area contributed by atoms with Gasteiger partial charge in [0.1, 0.15) is 11.2 Å². The Labute approximate surface area is 302 Å². The first kappa shape index (κ1) is 30.0. The molecule has 0 saturated carbocycles. The van der Waals surface area contributed by atoms with E-state index < -0.39 is 0 Å². The van der Waals surface area contributed by atoms with Crippen LogP contribution in [0.15, 0.2) is 205 Å². The van der Waals surface area contributed by atoms with E-state index in [4.69, 9.17) is 4.42 Å². The fourth-order valence-electron chi connectivity index (χ4n) is 7.85. The molecule has 0 atom stereocenters. The molecule has 0 spiro atoms. The minimum absolute atomic E-state index is 0.872. The topological polar surface area (TPSA) is 16.4 Å². The standard InChI is InChI=1S/C50H33NO/c1-2-13-34(14-3-1)40-16-6-7-17-41(40)35-25-29-38(30-26-35)51(47-22-12-24-49-50(47)45-21-10-11-23-48(45)52-49)39-31-27-36(28-32-39)46-33-37-15-4-5-18-42(37)43-19-8-9-20-44(43)46/h1-33H. The number of furan rings is 1. The fourth-order valence-corrected chi connectivity index (χ4v) is 7.85. The summed E-state index contributed by atoms with van der Waals surface area (Å²) < 4.78 is 6.37. The third kappa shape index (κ3) is 5.04. The lowest BCUT2D eigenvalue weighted by molar-refractivity contribution is 0.669. The molecule has 1 aromatic heterocycles. The Bertz CT molecular complexity index is 2890. The van der Waals surface area contributed by atoms with Crippen LogP contribution in [-0.4, -0.2) is 0 Å². The maximum atomic E-state index is 6.37. The van der Waals surface area contributed by atoms with Crippen molar-refractivity contribution < 1.29 is 4.42 Å². The lowest BCUT2D eigenvalue weighted by Crippen LogP contribution is -2.10. The van der Waals surface area contributed by atoms with Crippen molar-refractivity contribution in [3.05, 3.63) is 200 Å². The van der Waals surface area contributed by atoms with Crippen molar-refractivity contribution in [2.45, 2.75) is 0 Å². The summed E-state index contributed by atoms with van der Waals surface area (Å²) in [7, 11) is 0. The predicted molar refractivity (Wildman–Crippen MR) is 220 cm³/mol. The highest BCUT2D eigenvalue weighted by Gasteiger charge is 2.20. The number of para-hydroxylation sites is 1. The summed E-state index contributed by atoms with van der Waals surface area (Å²) in [4.78, 5) is 2.36. The maximum absolute atomic E-state index is 6.37. The summed E-state index contributed by atoms with van der Waals surface area (Å²) >= 11 is 0. The van der Waals surface area contributed by atoms with Crippen molar-refractivity contribution in [3.8, 4) is 33.4 Å². The zero-order valence-electron chi connectivity index (χ0n) is 28.4. The molecule has 2 heteroatoms. The number of hydrogen-bond donors (Lipinski definition) is 0. The first-order valence-corrected chi connectivity index (χ1v) is 17.8. The number of fused-ring (bicyclic) bond motifs is 6. The van der Waals surface area contributed by atoms with E-state index in [1.54, 1.807) is 0 Å². The third-order valence-electron chi connectivity index (χ3n) is 10.3. The second-order valence-corrected chi connectivity index (χ2v) is 13.3.